The summed E-state index contributed by atoms with van der Waals surface area (Å²) in [6.07, 6.45) is 0. The Kier molecular flexibility index (Phi) is 5.95. The molecule has 4 N–H and O–H groups in total. The van der Waals surface area contributed by atoms with Gasteiger partial charge in [-0.1, -0.05) is 24.3 Å². The normalized spacial score (nSPS) is 9.69. The first kappa shape index (κ1) is 18.5. The molecule has 6 nitrogen and oxygen atoms in total. The minimum Gasteiger partial charge on any atom is -0.508 e. The van der Waals surface area contributed by atoms with Gasteiger partial charge in [-0.05, 0) is 59.7 Å². The SMILES string of the molecule is O=C(O)c1ccc(-c2cccc(C(=O)O)c2)cc1.Oc1ccc(O)cc1. The largest absolute Gasteiger partial charge is 0.508 e. The second-order valence-corrected chi connectivity index (χ2v) is 5.28. The average molecular weight is 352 g/mol. The molecule has 0 amide bonds. The van der Waals surface area contributed by atoms with Gasteiger partial charge in [-0.2, -0.15) is 0 Å². The van der Waals surface area contributed by atoms with E-state index < -0.39 is 11.9 Å². The number of rotatable bonds is 3. The van der Waals surface area contributed by atoms with Gasteiger partial charge in [-0.15, -0.1) is 0 Å². The molecule has 0 radical (unpaired) electrons. The summed E-state index contributed by atoms with van der Waals surface area (Å²) < 4.78 is 0. The minimum absolute atomic E-state index is 0.169. The molecule has 0 fully saturated rings. The van der Waals surface area contributed by atoms with Crippen LogP contribution in [-0.2, 0) is 0 Å². The van der Waals surface area contributed by atoms with Gasteiger partial charge < -0.3 is 20.4 Å². The minimum atomic E-state index is -0.987. The van der Waals surface area contributed by atoms with Crippen LogP contribution in [0.15, 0.2) is 72.8 Å². The molecule has 0 heterocycles. The average Bonchev–Trinajstić information content (AvgIpc) is 2.65. The molecule has 0 saturated carbocycles. The van der Waals surface area contributed by atoms with Crippen LogP contribution in [-0.4, -0.2) is 32.4 Å². The van der Waals surface area contributed by atoms with E-state index in [-0.39, 0.29) is 22.6 Å². The molecule has 0 bridgehead atoms. The van der Waals surface area contributed by atoms with Crippen molar-refractivity contribution in [3.63, 3.8) is 0 Å². The van der Waals surface area contributed by atoms with E-state index in [1.165, 1.54) is 42.5 Å². The third kappa shape index (κ3) is 5.10. The van der Waals surface area contributed by atoms with Crippen LogP contribution in [0.25, 0.3) is 11.1 Å². The van der Waals surface area contributed by atoms with E-state index in [0.717, 1.165) is 11.1 Å². The van der Waals surface area contributed by atoms with E-state index in [0.29, 0.717) is 0 Å². The predicted octanol–water partition coefficient (Wildman–Crippen LogP) is 3.85. The Labute approximate surface area is 149 Å². The molecule has 0 aliphatic heterocycles. The van der Waals surface area contributed by atoms with Gasteiger partial charge in [0.15, 0.2) is 0 Å². The zero-order valence-electron chi connectivity index (χ0n) is 13.5. The summed E-state index contributed by atoms with van der Waals surface area (Å²) in [6.45, 7) is 0. The molecule has 0 aliphatic carbocycles. The molecule has 0 atom stereocenters. The van der Waals surface area contributed by atoms with Gasteiger partial charge in [0.2, 0.25) is 0 Å². The lowest BCUT2D eigenvalue weighted by Crippen LogP contribution is -1.96. The standard InChI is InChI=1S/C14H10O4.C6H6O2/c15-13(16)10-6-4-9(5-7-10)11-2-1-3-12(8-11)14(17)18;7-5-1-2-6(8)4-3-5/h1-8H,(H,15,16)(H,17,18);1-4,7-8H. The van der Waals surface area contributed by atoms with Crippen molar-refractivity contribution in [2.45, 2.75) is 0 Å². The summed E-state index contributed by atoms with van der Waals surface area (Å²) in [6, 6.07) is 18.5. The van der Waals surface area contributed by atoms with Crippen LogP contribution < -0.4 is 0 Å². The molecule has 0 spiro atoms. The molecule has 3 rings (SSSR count). The van der Waals surface area contributed by atoms with Crippen molar-refractivity contribution in [2.75, 3.05) is 0 Å². The van der Waals surface area contributed by atoms with Crippen LogP contribution >= 0.6 is 0 Å². The number of carboxylic acids is 2. The maximum absolute atomic E-state index is 10.9. The van der Waals surface area contributed by atoms with Gasteiger partial charge >= 0.3 is 11.9 Å². The van der Waals surface area contributed by atoms with Crippen LogP contribution in [0, 0.1) is 0 Å². The number of hydrogen-bond acceptors (Lipinski definition) is 4. The molecule has 0 aromatic heterocycles. The van der Waals surface area contributed by atoms with E-state index in [4.69, 9.17) is 20.4 Å². The first-order chi connectivity index (χ1) is 12.4. The highest BCUT2D eigenvalue weighted by Crippen LogP contribution is 2.21. The first-order valence-corrected chi connectivity index (χ1v) is 7.52. The fourth-order valence-corrected chi connectivity index (χ4v) is 2.09. The number of carboxylic acid groups (broad SMARTS) is 2. The predicted molar refractivity (Wildman–Crippen MR) is 95.6 cm³/mol. The molecular formula is C20H16O6. The highest BCUT2D eigenvalue weighted by Gasteiger charge is 2.06. The lowest BCUT2D eigenvalue weighted by atomic mass is 10.0. The van der Waals surface area contributed by atoms with Gasteiger partial charge in [-0.3, -0.25) is 0 Å². The molecule has 132 valence electrons. The van der Waals surface area contributed by atoms with Gasteiger partial charge in [0, 0.05) is 0 Å². The monoisotopic (exact) mass is 352 g/mol. The van der Waals surface area contributed by atoms with E-state index >= 15 is 0 Å². The van der Waals surface area contributed by atoms with Crippen molar-refractivity contribution < 1.29 is 30.0 Å². The van der Waals surface area contributed by atoms with E-state index in [2.05, 4.69) is 0 Å². The van der Waals surface area contributed by atoms with E-state index in [1.54, 1.807) is 30.3 Å². The quantitative estimate of drug-likeness (QED) is 0.532. The van der Waals surface area contributed by atoms with Gasteiger partial charge in [0.25, 0.3) is 0 Å². The maximum atomic E-state index is 10.9. The Hall–Kier alpha value is -3.80. The van der Waals surface area contributed by atoms with Crippen LogP contribution in [0.4, 0.5) is 0 Å². The number of aromatic hydroxyl groups is 2. The fraction of sp³-hybridized carbons (Fsp3) is 0. The topological polar surface area (TPSA) is 115 Å². The zero-order valence-corrected chi connectivity index (χ0v) is 13.5. The zero-order chi connectivity index (χ0) is 19.1. The number of hydrogen-bond donors (Lipinski definition) is 4. The molecule has 3 aromatic carbocycles. The smallest absolute Gasteiger partial charge is 0.335 e. The molecule has 0 unspecified atom stereocenters. The summed E-state index contributed by atoms with van der Waals surface area (Å²) in [7, 11) is 0. The van der Waals surface area contributed by atoms with E-state index in [9.17, 15) is 9.59 Å². The summed E-state index contributed by atoms with van der Waals surface area (Å²) in [5.74, 6) is -1.63. The molecule has 0 saturated heterocycles. The summed E-state index contributed by atoms with van der Waals surface area (Å²) in [5.41, 5.74) is 1.93. The van der Waals surface area contributed by atoms with Crippen molar-refractivity contribution in [3.8, 4) is 22.6 Å². The number of carbonyl (C=O) groups is 2. The van der Waals surface area contributed by atoms with Crippen molar-refractivity contribution in [1.82, 2.24) is 0 Å². The molecule has 26 heavy (non-hydrogen) atoms. The fourth-order valence-electron chi connectivity index (χ4n) is 2.09. The van der Waals surface area contributed by atoms with Crippen molar-refractivity contribution in [2.24, 2.45) is 0 Å². The summed E-state index contributed by atoms with van der Waals surface area (Å²) in [5, 5.41) is 35.0. The van der Waals surface area contributed by atoms with Crippen LogP contribution in [0.1, 0.15) is 20.7 Å². The van der Waals surface area contributed by atoms with Crippen LogP contribution in [0.2, 0.25) is 0 Å². The Morgan fingerprint density at radius 1 is 0.577 bits per heavy atom. The Morgan fingerprint density at radius 2 is 1.08 bits per heavy atom. The Bertz CT molecular complexity index is 877. The molecular weight excluding hydrogens is 336 g/mol. The van der Waals surface area contributed by atoms with Gasteiger partial charge in [-0.25, -0.2) is 9.59 Å². The van der Waals surface area contributed by atoms with Crippen molar-refractivity contribution in [3.05, 3.63) is 83.9 Å². The second kappa shape index (κ2) is 8.34. The Morgan fingerprint density at radius 3 is 1.54 bits per heavy atom. The highest BCUT2D eigenvalue weighted by atomic mass is 16.4. The first-order valence-electron chi connectivity index (χ1n) is 7.52. The van der Waals surface area contributed by atoms with Crippen LogP contribution in [0.5, 0.6) is 11.5 Å². The summed E-state index contributed by atoms with van der Waals surface area (Å²) in [4.78, 5) is 21.6. The number of phenolic OH excluding ortho intramolecular Hbond substituents is 2. The van der Waals surface area contributed by atoms with Gasteiger partial charge in [0.1, 0.15) is 11.5 Å². The highest BCUT2D eigenvalue weighted by molar-refractivity contribution is 5.90. The second-order valence-electron chi connectivity index (χ2n) is 5.28. The summed E-state index contributed by atoms with van der Waals surface area (Å²) >= 11 is 0. The third-order valence-corrected chi connectivity index (χ3v) is 3.42. The number of benzene rings is 3. The molecule has 0 aliphatic rings. The lowest BCUT2D eigenvalue weighted by molar-refractivity contribution is 0.0686. The third-order valence-electron chi connectivity index (χ3n) is 3.42. The maximum Gasteiger partial charge on any atom is 0.335 e. The lowest BCUT2D eigenvalue weighted by Gasteiger charge is -2.03. The van der Waals surface area contributed by atoms with Gasteiger partial charge in [0.05, 0.1) is 11.1 Å². The van der Waals surface area contributed by atoms with E-state index in [1.807, 2.05) is 0 Å². The van der Waals surface area contributed by atoms with Crippen molar-refractivity contribution in [1.29, 1.82) is 0 Å². The Balaban J connectivity index is 0.000000254. The van der Waals surface area contributed by atoms with Crippen molar-refractivity contribution >= 4 is 11.9 Å². The molecule has 6 heteroatoms. The van der Waals surface area contributed by atoms with Crippen LogP contribution in [0.3, 0.4) is 0 Å². The molecule has 3 aromatic rings. The number of aromatic carboxylic acids is 2. The number of phenols is 2.